The monoisotopic (exact) mass is 600 g/mol. The molecule has 2 heterocycles. The average molecular weight is 601 g/mol. The molecule has 0 saturated carbocycles. The third kappa shape index (κ3) is 7.55. The molecule has 0 saturated heterocycles. The lowest BCUT2D eigenvalue weighted by Gasteiger charge is -2.28. The van der Waals surface area contributed by atoms with Crippen molar-refractivity contribution in [3.63, 3.8) is 0 Å². The van der Waals surface area contributed by atoms with Crippen LogP contribution in [0.4, 0.5) is 5.69 Å². The van der Waals surface area contributed by atoms with Gasteiger partial charge in [0.05, 0.1) is 6.57 Å². The Morgan fingerprint density at radius 1 is 0.932 bits per heavy atom. The third-order valence-electron chi connectivity index (χ3n) is 7.56. The number of aliphatic hydroxyl groups excluding tert-OH is 1. The highest BCUT2D eigenvalue weighted by Crippen LogP contribution is 2.47. The Labute approximate surface area is 264 Å². The van der Waals surface area contributed by atoms with Crippen molar-refractivity contribution in [1.29, 1.82) is 10.5 Å². The van der Waals surface area contributed by atoms with Crippen molar-refractivity contribution in [2.24, 2.45) is 0 Å². The van der Waals surface area contributed by atoms with Crippen LogP contribution in [0.3, 0.4) is 0 Å². The van der Waals surface area contributed by atoms with Crippen molar-refractivity contribution in [1.82, 2.24) is 0 Å². The van der Waals surface area contributed by atoms with Crippen LogP contribution in [0.15, 0.2) is 95.4 Å². The molecule has 0 radical (unpaired) electrons. The average Bonchev–Trinajstić information content (AvgIpc) is 3.63. The number of thiophene rings is 1. The van der Waals surface area contributed by atoms with Crippen LogP contribution in [-0.4, -0.2) is 24.8 Å². The molecule has 1 aliphatic heterocycles. The molecule has 44 heavy (non-hydrogen) atoms. The minimum absolute atomic E-state index is 0.0236. The normalized spacial score (nSPS) is 16.1. The SMILES string of the molecule is [C-]#[N+]C1=C(/C=C/c2ccc(/C=C/c3ccc(N(CCCC)CCCCO)cc3)s2)C(C)(c2ccccc2)OC1=C(C#N)C#N. The van der Waals surface area contributed by atoms with E-state index in [1.807, 2.05) is 67.6 Å². The summed E-state index contributed by atoms with van der Waals surface area (Å²) in [6, 6.07) is 26.0. The van der Waals surface area contributed by atoms with Gasteiger partial charge in [-0.05, 0) is 73.7 Å². The van der Waals surface area contributed by atoms with Crippen molar-refractivity contribution in [2.75, 3.05) is 24.6 Å². The van der Waals surface area contributed by atoms with E-state index in [9.17, 15) is 10.5 Å². The smallest absolute Gasteiger partial charge is 0.237 e. The molecule has 1 unspecified atom stereocenters. The molecule has 0 bridgehead atoms. The van der Waals surface area contributed by atoms with Gasteiger partial charge >= 0.3 is 0 Å². The summed E-state index contributed by atoms with van der Waals surface area (Å²) in [5.74, 6) is 0.0236. The molecule has 1 aliphatic rings. The van der Waals surface area contributed by atoms with E-state index < -0.39 is 5.60 Å². The number of aliphatic hydroxyl groups is 1. The van der Waals surface area contributed by atoms with Gasteiger partial charge in [0.15, 0.2) is 11.3 Å². The van der Waals surface area contributed by atoms with E-state index in [0.29, 0.717) is 5.57 Å². The van der Waals surface area contributed by atoms with E-state index in [2.05, 4.69) is 59.2 Å². The van der Waals surface area contributed by atoms with Gasteiger partial charge in [0.2, 0.25) is 5.70 Å². The van der Waals surface area contributed by atoms with E-state index >= 15 is 0 Å². The first-order valence-corrected chi connectivity index (χ1v) is 15.6. The van der Waals surface area contributed by atoms with Crippen LogP contribution in [0.2, 0.25) is 0 Å². The third-order valence-corrected chi connectivity index (χ3v) is 8.57. The predicted octanol–water partition coefficient (Wildman–Crippen LogP) is 8.73. The number of ether oxygens (including phenoxy) is 1. The standard InChI is InChI=1S/C37H36N4O2S/c1-4-5-23-41(24-9-10-25-42)31-16-13-28(14-17-31)15-18-32-19-20-33(44-32)21-22-34-35(40-3)36(29(26-38)27-39)43-37(34,2)30-11-7-6-8-12-30/h6-8,11-22,42H,4-5,9-10,23-25H2,1-2H3/b18-15+,22-21+. The van der Waals surface area contributed by atoms with Crippen molar-refractivity contribution < 1.29 is 9.84 Å². The summed E-state index contributed by atoms with van der Waals surface area (Å²) >= 11 is 1.62. The van der Waals surface area contributed by atoms with E-state index in [4.69, 9.17) is 16.4 Å². The molecule has 3 aromatic rings. The van der Waals surface area contributed by atoms with Crippen LogP contribution in [-0.2, 0) is 10.3 Å². The number of unbranched alkanes of at least 4 members (excludes halogenated alkanes) is 2. The van der Waals surface area contributed by atoms with Crippen LogP contribution in [0.25, 0.3) is 23.1 Å². The summed E-state index contributed by atoms with van der Waals surface area (Å²) in [5, 5.41) is 28.2. The van der Waals surface area contributed by atoms with Crippen molar-refractivity contribution in [3.05, 3.63) is 128 Å². The van der Waals surface area contributed by atoms with Gasteiger partial charge in [0.25, 0.3) is 0 Å². The number of hydrogen-bond acceptors (Lipinski definition) is 6. The first kappa shape index (κ1) is 32.1. The molecular formula is C37H36N4O2S. The lowest BCUT2D eigenvalue weighted by Crippen LogP contribution is -2.25. The fraction of sp³-hybridized carbons (Fsp3) is 0.270. The van der Waals surface area contributed by atoms with Crippen LogP contribution in [0.1, 0.15) is 60.4 Å². The van der Waals surface area contributed by atoms with Gasteiger partial charge in [-0.3, -0.25) is 0 Å². The molecular weight excluding hydrogens is 565 g/mol. The van der Waals surface area contributed by atoms with E-state index in [-0.39, 0.29) is 23.6 Å². The van der Waals surface area contributed by atoms with Gasteiger partial charge in [-0.15, -0.1) is 11.3 Å². The number of anilines is 1. The largest absolute Gasteiger partial charge is 0.488 e. The molecule has 1 N–H and O–H groups in total. The Hall–Kier alpha value is -4.87. The minimum Gasteiger partial charge on any atom is -0.488 e. The Bertz CT molecular complexity index is 1660. The van der Waals surface area contributed by atoms with Crippen LogP contribution < -0.4 is 4.90 Å². The summed E-state index contributed by atoms with van der Waals surface area (Å²) < 4.78 is 6.22. The Kier molecular flexibility index (Phi) is 11.3. The Morgan fingerprint density at radius 3 is 2.20 bits per heavy atom. The van der Waals surface area contributed by atoms with Gasteiger partial charge < -0.3 is 14.7 Å². The highest BCUT2D eigenvalue weighted by molar-refractivity contribution is 7.13. The first-order chi connectivity index (χ1) is 21.5. The summed E-state index contributed by atoms with van der Waals surface area (Å²) in [4.78, 5) is 8.18. The van der Waals surface area contributed by atoms with Gasteiger partial charge in [0, 0.05) is 40.7 Å². The fourth-order valence-corrected chi connectivity index (χ4v) is 5.91. The molecule has 6 nitrogen and oxygen atoms in total. The Balaban J connectivity index is 1.54. The lowest BCUT2D eigenvalue weighted by molar-refractivity contribution is 0.0755. The molecule has 0 amide bonds. The maximum absolute atomic E-state index is 9.51. The molecule has 0 spiro atoms. The second-order valence-electron chi connectivity index (χ2n) is 10.6. The molecule has 1 aromatic heterocycles. The topological polar surface area (TPSA) is 84.6 Å². The molecule has 0 fully saturated rings. The van der Waals surface area contributed by atoms with Crippen LogP contribution >= 0.6 is 11.3 Å². The van der Waals surface area contributed by atoms with Gasteiger partial charge in [0.1, 0.15) is 17.7 Å². The van der Waals surface area contributed by atoms with Gasteiger partial charge in [-0.1, -0.05) is 68.0 Å². The summed E-state index contributed by atoms with van der Waals surface area (Å²) in [6.45, 7) is 14.1. The van der Waals surface area contributed by atoms with Gasteiger partial charge in [-0.2, -0.15) is 10.5 Å². The summed E-state index contributed by atoms with van der Waals surface area (Å²) in [5.41, 5.74) is 2.68. The zero-order valence-corrected chi connectivity index (χ0v) is 26.0. The molecule has 7 heteroatoms. The molecule has 0 aliphatic carbocycles. The van der Waals surface area contributed by atoms with E-state index in [1.54, 1.807) is 11.3 Å². The van der Waals surface area contributed by atoms with E-state index in [0.717, 1.165) is 59.7 Å². The van der Waals surface area contributed by atoms with Gasteiger partial charge in [-0.25, -0.2) is 4.85 Å². The van der Waals surface area contributed by atoms with E-state index in [1.165, 1.54) is 5.69 Å². The molecule has 222 valence electrons. The second-order valence-corrected chi connectivity index (χ2v) is 11.7. The lowest BCUT2D eigenvalue weighted by atomic mass is 9.87. The number of hydrogen-bond donors (Lipinski definition) is 1. The maximum atomic E-state index is 9.51. The molecule has 1 atom stereocenters. The Morgan fingerprint density at radius 2 is 1.59 bits per heavy atom. The van der Waals surface area contributed by atoms with Crippen molar-refractivity contribution in [2.45, 2.75) is 45.1 Å². The van der Waals surface area contributed by atoms with Crippen LogP contribution in [0, 0.1) is 29.2 Å². The quantitative estimate of drug-likeness (QED) is 0.120. The number of rotatable bonds is 13. The zero-order chi connectivity index (χ0) is 31.4. The number of allylic oxidation sites excluding steroid dienone is 1. The zero-order valence-electron chi connectivity index (χ0n) is 25.2. The molecule has 4 rings (SSSR count). The van der Waals surface area contributed by atoms with Crippen molar-refractivity contribution >= 4 is 35.3 Å². The highest BCUT2D eigenvalue weighted by atomic mass is 32.1. The fourth-order valence-electron chi connectivity index (χ4n) is 5.09. The minimum atomic E-state index is -1.02. The van der Waals surface area contributed by atoms with Crippen molar-refractivity contribution in [3.8, 4) is 12.1 Å². The first-order valence-electron chi connectivity index (χ1n) is 14.8. The predicted molar refractivity (Wildman–Crippen MR) is 179 cm³/mol. The maximum Gasteiger partial charge on any atom is 0.237 e. The second kappa shape index (κ2) is 15.6. The van der Waals surface area contributed by atoms with Crippen LogP contribution in [0.5, 0.6) is 0 Å². The summed E-state index contributed by atoms with van der Waals surface area (Å²) in [6.07, 6.45) is 12.1. The number of nitriles is 2. The summed E-state index contributed by atoms with van der Waals surface area (Å²) in [7, 11) is 0. The number of nitrogens with zero attached hydrogens (tertiary/aromatic N) is 4. The highest BCUT2D eigenvalue weighted by Gasteiger charge is 2.43. The molecule has 2 aromatic carbocycles. The number of benzene rings is 2.